The third-order valence-corrected chi connectivity index (χ3v) is 7.15. The number of aromatic nitrogens is 3. The zero-order valence-electron chi connectivity index (χ0n) is 17.7. The molecule has 8 heteroatoms. The van der Waals surface area contributed by atoms with Gasteiger partial charge in [0.05, 0.1) is 5.57 Å². The topological polar surface area (TPSA) is 71.8 Å². The summed E-state index contributed by atoms with van der Waals surface area (Å²) in [4.78, 5) is 19.3. The summed E-state index contributed by atoms with van der Waals surface area (Å²) < 4.78 is 1.85. The highest BCUT2D eigenvalue weighted by atomic mass is 32.2. The Morgan fingerprint density at radius 1 is 1.23 bits per heavy atom. The monoisotopic (exact) mass is 439 g/mol. The lowest BCUT2D eigenvalue weighted by Gasteiger charge is -2.28. The fourth-order valence-corrected chi connectivity index (χ4v) is 5.17. The van der Waals surface area contributed by atoms with E-state index in [0.717, 1.165) is 38.7 Å². The van der Waals surface area contributed by atoms with Crippen LogP contribution in [-0.4, -0.2) is 26.4 Å². The predicted molar refractivity (Wildman–Crippen MR) is 124 cm³/mol. The van der Waals surface area contributed by atoms with E-state index >= 15 is 0 Å². The van der Waals surface area contributed by atoms with Gasteiger partial charge in [-0.25, -0.2) is 4.68 Å². The summed E-state index contributed by atoms with van der Waals surface area (Å²) >= 11 is 3.23. The average molecular weight is 440 g/mol. The molecule has 2 N–H and O–H groups in total. The number of amides is 1. The summed E-state index contributed by atoms with van der Waals surface area (Å²) in [7, 11) is 0. The van der Waals surface area contributed by atoms with E-state index in [1.807, 2.05) is 43.7 Å². The molecule has 1 aliphatic heterocycles. The molecule has 0 spiro atoms. The van der Waals surface area contributed by atoms with Gasteiger partial charge >= 0.3 is 0 Å². The second-order valence-electron chi connectivity index (χ2n) is 7.33. The molecule has 0 saturated heterocycles. The molecular weight excluding hydrogens is 414 g/mol. The van der Waals surface area contributed by atoms with Gasteiger partial charge in [0.25, 0.3) is 5.91 Å². The molecule has 1 aliphatic rings. The van der Waals surface area contributed by atoms with Gasteiger partial charge in [0.1, 0.15) is 6.04 Å². The summed E-state index contributed by atoms with van der Waals surface area (Å²) in [5.74, 6) is 1.43. The van der Waals surface area contributed by atoms with Crippen molar-refractivity contribution >= 4 is 40.6 Å². The van der Waals surface area contributed by atoms with Crippen LogP contribution in [-0.2, 0) is 4.79 Å². The van der Waals surface area contributed by atoms with E-state index in [1.54, 1.807) is 23.1 Å². The van der Waals surface area contributed by atoms with E-state index in [4.69, 9.17) is 5.10 Å². The van der Waals surface area contributed by atoms with Gasteiger partial charge in [-0.3, -0.25) is 4.79 Å². The van der Waals surface area contributed by atoms with Crippen molar-refractivity contribution in [3.05, 3.63) is 62.5 Å². The lowest BCUT2D eigenvalue weighted by molar-refractivity contribution is -0.113. The number of carbonyl (C=O) groups is 1. The highest BCUT2D eigenvalue weighted by Crippen LogP contribution is 2.40. The Hall–Kier alpha value is -2.58. The Morgan fingerprint density at radius 2 is 2.03 bits per heavy atom. The van der Waals surface area contributed by atoms with Crippen molar-refractivity contribution < 1.29 is 4.79 Å². The fourth-order valence-electron chi connectivity index (χ4n) is 3.60. The lowest BCUT2D eigenvalue weighted by Crippen LogP contribution is -2.31. The molecule has 0 radical (unpaired) electrons. The number of nitrogens with one attached hydrogen (secondary N) is 2. The zero-order chi connectivity index (χ0) is 21.4. The molecule has 3 heterocycles. The van der Waals surface area contributed by atoms with Crippen LogP contribution >= 0.6 is 23.1 Å². The molecule has 1 unspecified atom stereocenters. The molecule has 0 saturated carbocycles. The summed E-state index contributed by atoms with van der Waals surface area (Å²) in [6.07, 6.45) is 0. The molecule has 156 valence electrons. The highest BCUT2D eigenvalue weighted by molar-refractivity contribution is 7.99. The number of aryl methyl sites for hydroxylation is 2. The van der Waals surface area contributed by atoms with Crippen LogP contribution in [0.4, 0.5) is 11.6 Å². The van der Waals surface area contributed by atoms with Crippen molar-refractivity contribution in [3.8, 4) is 0 Å². The lowest BCUT2D eigenvalue weighted by atomic mass is 9.98. The first-order chi connectivity index (χ1) is 14.4. The van der Waals surface area contributed by atoms with Crippen molar-refractivity contribution in [1.29, 1.82) is 0 Å². The second-order valence-corrected chi connectivity index (χ2v) is 9.51. The maximum atomic E-state index is 13.5. The van der Waals surface area contributed by atoms with Crippen LogP contribution in [0.5, 0.6) is 0 Å². The van der Waals surface area contributed by atoms with E-state index in [-0.39, 0.29) is 11.9 Å². The first-order valence-corrected chi connectivity index (χ1v) is 11.8. The second kappa shape index (κ2) is 8.28. The minimum Gasteiger partial charge on any atom is -0.328 e. The van der Waals surface area contributed by atoms with Crippen molar-refractivity contribution in [3.63, 3.8) is 0 Å². The smallest absolute Gasteiger partial charge is 0.255 e. The third-order valence-electron chi connectivity index (χ3n) is 5.35. The Labute approximate surface area is 184 Å². The molecule has 2 aromatic heterocycles. The molecule has 4 rings (SSSR count). The minimum atomic E-state index is -0.315. The Morgan fingerprint density at radius 3 is 2.73 bits per heavy atom. The number of fused-ring (bicyclic) bond motifs is 1. The number of allylic oxidation sites excluding steroid dienone is 1. The molecule has 1 amide bonds. The summed E-state index contributed by atoms with van der Waals surface area (Å²) in [5.41, 5.74) is 5.64. The van der Waals surface area contributed by atoms with Crippen LogP contribution in [0.25, 0.3) is 0 Å². The first-order valence-electron chi connectivity index (χ1n) is 9.89. The Bertz CT molecular complexity index is 1140. The molecule has 1 aromatic carbocycles. The van der Waals surface area contributed by atoms with Gasteiger partial charge in [-0.2, -0.15) is 4.98 Å². The van der Waals surface area contributed by atoms with Crippen molar-refractivity contribution in [2.75, 3.05) is 16.4 Å². The standard InChI is InChI=1S/C22H25N5OS2/c1-6-29-22-25-21-23-15(5)17(18(27(21)26-22)19-13(3)10-11-30-19)20(28)24-16-9-7-8-12(2)14(16)4/h7-11,18H,6H2,1-5H3,(H,24,28)(H,23,25,26). The van der Waals surface area contributed by atoms with Gasteiger partial charge in [-0.15, -0.1) is 16.4 Å². The van der Waals surface area contributed by atoms with Crippen molar-refractivity contribution in [2.45, 2.75) is 45.8 Å². The molecule has 0 fully saturated rings. The number of thioether (sulfide) groups is 1. The zero-order valence-corrected chi connectivity index (χ0v) is 19.4. The molecule has 0 aliphatic carbocycles. The number of thiophene rings is 1. The van der Waals surface area contributed by atoms with Crippen LogP contribution in [0.2, 0.25) is 0 Å². The van der Waals surface area contributed by atoms with E-state index in [2.05, 4.69) is 40.9 Å². The van der Waals surface area contributed by atoms with Gasteiger partial charge in [0, 0.05) is 16.3 Å². The number of anilines is 2. The first kappa shape index (κ1) is 20.7. The van der Waals surface area contributed by atoms with Crippen LogP contribution in [0.15, 0.2) is 46.1 Å². The van der Waals surface area contributed by atoms with Gasteiger partial charge in [0.2, 0.25) is 11.1 Å². The van der Waals surface area contributed by atoms with E-state index in [9.17, 15) is 4.79 Å². The summed E-state index contributed by atoms with van der Waals surface area (Å²) in [5, 5.41) is 13.9. The number of hydrogen-bond acceptors (Lipinski definition) is 6. The number of carbonyl (C=O) groups excluding carboxylic acids is 1. The molecule has 30 heavy (non-hydrogen) atoms. The van der Waals surface area contributed by atoms with Crippen molar-refractivity contribution in [1.82, 2.24) is 14.8 Å². The molecule has 0 bridgehead atoms. The van der Waals surface area contributed by atoms with E-state index < -0.39 is 0 Å². The number of rotatable bonds is 5. The van der Waals surface area contributed by atoms with E-state index in [0.29, 0.717) is 16.7 Å². The maximum Gasteiger partial charge on any atom is 0.255 e. The summed E-state index contributed by atoms with van der Waals surface area (Å²) in [6, 6.07) is 7.71. The minimum absolute atomic E-state index is 0.127. The SMILES string of the molecule is CCSc1nc2n(n1)C(c1sccc1C)C(C(=O)Nc1cccc(C)c1C)=C(C)N2. The number of benzene rings is 1. The maximum absolute atomic E-state index is 13.5. The van der Waals surface area contributed by atoms with Crippen LogP contribution in [0, 0.1) is 20.8 Å². The van der Waals surface area contributed by atoms with Crippen LogP contribution in [0.1, 0.15) is 41.5 Å². The predicted octanol–water partition coefficient (Wildman–Crippen LogP) is 5.30. The molecule has 6 nitrogen and oxygen atoms in total. The highest BCUT2D eigenvalue weighted by Gasteiger charge is 2.36. The van der Waals surface area contributed by atoms with Gasteiger partial charge in [0.15, 0.2) is 0 Å². The summed E-state index contributed by atoms with van der Waals surface area (Å²) in [6.45, 7) is 10.1. The van der Waals surface area contributed by atoms with Crippen LogP contribution in [0.3, 0.4) is 0 Å². The number of nitrogens with zero attached hydrogens (tertiary/aromatic N) is 3. The van der Waals surface area contributed by atoms with Gasteiger partial charge in [-0.1, -0.05) is 30.8 Å². The number of hydrogen-bond donors (Lipinski definition) is 2. The normalized spacial score (nSPS) is 15.7. The van der Waals surface area contributed by atoms with Crippen molar-refractivity contribution in [2.24, 2.45) is 0 Å². The Kier molecular flexibility index (Phi) is 5.71. The average Bonchev–Trinajstić information content (AvgIpc) is 3.30. The van der Waals surface area contributed by atoms with E-state index in [1.165, 1.54) is 0 Å². The third kappa shape index (κ3) is 3.65. The fraction of sp³-hybridized carbons (Fsp3) is 0.318. The van der Waals surface area contributed by atoms with Gasteiger partial charge in [-0.05, 0) is 67.7 Å². The quantitative estimate of drug-likeness (QED) is 0.528. The Balaban J connectivity index is 1.78. The van der Waals surface area contributed by atoms with Gasteiger partial charge < -0.3 is 10.6 Å². The van der Waals surface area contributed by atoms with Crippen LogP contribution < -0.4 is 10.6 Å². The molecular formula is C22H25N5OS2. The molecule has 3 aromatic rings. The molecule has 1 atom stereocenters. The largest absolute Gasteiger partial charge is 0.328 e.